The van der Waals surface area contributed by atoms with Crippen LogP contribution in [0.15, 0.2) is 29.9 Å². The number of thiophene rings is 1. The first kappa shape index (κ1) is 17.8. The highest BCUT2D eigenvalue weighted by molar-refractivity contribution is 7.18. The molecule has 2 aromatic heterocycles. The van der Waals surface area contributed by atoms with Crippen molar-refractivity contribution in [1.82, 2.24) is 15.3 Å². The van der Waals surface area contributed by atoms with E-state index in [4.69, 9.17) is 26.3 Å². The first-order valence-corrected chi connectivity index (χ1v) is 10.4. The molecule has 0 saturated carbocycles. The molecule has 0 radical (unpaired) electrons. The number of hydrogen-bond donors (Lipinski definition) is 1. The van der Waals surface area contributed by atoms with E-state index in [1.165, 1.54) is 0 Å². The van der Waals surface area contributed by atoms with Gasteiger partial charge in [0.05, 0.1) is 30.4 Å². The van der Waals surface area contributed by atoms with E-state index in [0.717, 1.165) is 34.4 Å². The lowest BCUT2D eigenvalue weighted by atomic mass is 9.86. The Bertz CT molecular complexity index is 1060. The SMILES string of the molecule is N#Cc1ccc(-c2csc3c(OC4C5CNCC4COC5)ncnc23)c(Cl)c1. The van der Waals surface area contributed by atoms with Crippen LogP contribution in [0.1, 0.15) is 5.56 Å². The second kappa shape index (κ2) is 7.30. The van der Waals surface area contributed by atoms with E-state index >= 15 is 0 Å². The molecular formula is C20H17ClN4O2S. The lowest BCUT2D eigenvalue weighted by Gasteiger charge is -2.41. The second-order valence-electron chi connectivity index (χ2n) is 7.11. The Morgan fingerprint density at radius 3 is 2.79 bits per heavy atom. The van der Waals surface area contributed by atoms with Gasteiger partial charge in [-0.05, 0) is 12.1 Å². The first-order valence-electron chi connectivity index (χ1n) is 9.12. The van der Waals surface area contributed by atoms with Crippen LogP contribution in [0.3, 0.4) is 0 Å². The summed E-state index contributed by atoms with van der Waals surface area (Å²) in [6.45, 7) is 3.20. The number of nitrogens with zero attached hydrogens (tertiary/aromatic N) is 3. The lowest BCUT2D eigenvalue weighted by molar-refractivity contribution is -0.0828. The van der Waals surface area contributed by atoms with Crippen molar-refractivity contribution in [3.63, 3.8) is 0 Å². The van der Waals surface area contributed by atoms with Crippen molar-refractivity contribution in [3.05, 3.63) is 40.5 Å². The van der Waals surface area contributed by atoms with Gasteiger partial charge in [-0.3, -0.25) is 0 Å². The van der Waals surface area contributed by atoms with E-state index in [1.54, 1.807) is 29.8 Å². The van der Waals surface area contributed by atoms with Crippen LogP contribution in [0.5, 0.6) is 5.88 Å². The number of nitrogens with one attached hydrogen (secondary N) is 1. The van der Waals surface area contributed by atoms with Crippen molar-refractivity contribution >= 4 is 33.2 Å². The molecule has 142 valence electrons. The highest BCUT2D eigenvalue weighted by Crippen LogP contribution is 2.40. The number of hydrogen-bond acceptors (Lipinski definition) is 7. The van der Waals surface area contributed by atoms with E-state index in [9.17, 15) is 0 Å². The van der Waals surface area contributed by atoms with Crippen LogP contribution in [-0.2, 0) is 4.74 Å². The largest absolute Gasteiger partial charge is 0.472 e. The second-order valence-corrected chi connectivity index (χ2v) is 8.40. The Kier molecular flexibility index (Phi) is 4.65. The molecule has 3 aromatic rings. The molecule has 1 aromatic carbocycles. The van der Waals surface area contributed by atoms with Gasteiger partial charge in [0.25, 0.3) is 0 Å². The van der Waals surface area contributed by atoms with Crippen LogP contribution in [-0.4, -0.2) is 42.4 Å². The van der Waals surface area contributed by atoms with Gasteiger partial charge in [0.2, 0.25) is 5.88 Å². The van der Waals surface area contributed by atoms with E-state index < -0.39 is 0 Å². The summed E-state index contributed by atoms with van der Waals surface area (Å²) in [5.41, 5.74) is 3.13. The molecule has 28 heavy (non-hydrogen) atoms. The van der Waals surface area contributed by atoms with Gasteiger partial charge in [-0.1, -0.05) is 17.7 Å². The number of fused-ring (bicyclic) bond motifs is 3. The molecule has 6 nitrogen and oxygen atoms in total. The van der Waals surface area contributed by atoms with Gasteiger partial charge < -0.3 is 14.8 Å². The molecule has 5 rings (SSSR count). The third-order valence-corrected chi connectivity index (χ3v) is 6.63. The smallest absolute Gasteiger partial charge is 0.235 e. The molecule has 2 bridgehead atoms. The molecule has 4 heterocycles. The minimum Gasteiger partial charge on any atom is -0.472 e. The zero-order chi connectivity index (χ0) is 19.1. The Balaban J connectivity index is 1.52. The lowest BCUT2D eigenvalue weighted by Crippen LogP contribution is -2.56. The molecule has 2 unspecified atom stereocenters. The zero-order valence-electron chi connectivity index (χ0n) is 14.9. The maximum absolute atomic E-state index is 9.06. The van der Waals surface area contributed by atoms with E-state index in [0.29, 0.717) is 41.5 Å². The highest BCUT2D eigenvalue weighted by atomic mass is 35.5. The Labute approximate surface area is 171 Å². The quantitative estimate of drug-likeness (QED) is 0.709. The summed E-state index contributed by atoms with van der Waals surface area (Å²) in [5.74, 6) is 1.27. The van der Waals surface area contributed by atoms with Gasteiger partial charge in [0, 0.05) is 46.5 Å². The van der Waals surface area contributed by atoms with Crippen molar-refractivity contribution in [2.24, 2.45) is 11.8 Å². The number of halogens is 1. The average molecular weight is 413 g/mol. The van der Waals surface area contributed by atoms with Gasteiger partial charge in [-0.25, -0.2) is 9.97 Å². The molecular weight excluding hydrogens is 396 g/mol. The normalized spacial score (nSPS) is 24.1. The van der Waals surface area contributed by atoms with Crippen LogP contribution in [0, 0.1) is 23.2 Å². The van der Waals surface area contributed by atoms with Crippen LogP contribution in [0.4, 0.5) is 0 Å². The summed E-state index contributed by atoms with van der Waals surface area (Å²) < 4.78 is 13.0. The van der Waals surface area contributed by atoms with Gasteiger partial charge in [-0.2, -0.15) is 5.26 Å². The number of rotatable bonds is 3. The van der Waals surface area contributed by atoms with Crippen LogP contribution in [0.2, 0.25) is 5.02 Å². The fraction of sp³-hybridized carbons (Fsp3) is 0.350. The summed E-state index contributed by atoms with van der Waals surface area (Å²) in [5, 5.41) is 15.1. The van der Waals surface area contributed by atoms with Crippen LogP contribution >= 0.6 is 22.9 Å². The van der Waals surface area contributed by atoms with Crippen molar-refractivity contribution in [1.29, 1.82) is 5.26 Å². The fourth-order valence-electron chi connectivity index (χ4n) is 3.98. The Morgan fingerprint density at radius 1 is 1.21 bits per heavy atom. The van der Waals surface area contributed by atoms with Crippen LogP contribution in [0.25, 0.3) is 21.3 Å². The summed E-state index contributed by atoms with van der Waals surface area (Å²) in [6.07, 6.45) is 1.64. The van der Waals surface area contributed by atoms with E-state index in [-0.39, 0.29) is 6.10 Å². The highest BCUT2D eigenvalue weighted by Gasteiger charge is 2.39. The number of ether oxygens (including phenoxy) is 2. The van der Waals surface area contributed by atoms with E-state index in [2.05, 4.69) is 21.4 Å². The molecule has 2 aliphatic rings. The summed E-state index contributed by atoms with van der Waals surface area (Å²) in [7, 11) is 0. The summed E-state index contributed by atoms with van der Waals surface area (Å²) >= 11 is 7.97. The van der Waals surface area contributed by atoms with E-state index in [1.807, 2.05) is 11.4 Å². The summed E-state index contributed by atoms with van der Waals surface area (Å²) in [6, 6.07) is 7.41. The first-order chi connectivity index (χ1) is 13.7. The molecule has 0 spiro atoms. The van der Waals surface area contributed by atoms with Gasteiger partial charge >= 0.3 is 0 Å². The molecule has 2 aliphatic heterocycles. The Morgan fingerprint density at radius 2 is 2.04 bits per heavy atom. The van der Waals surface area contributed by atoms with Crippen molar-refractivity contribution in [2.45, 2.75) is 6.10 Å². The van der Waals surface area contributed by atoms with Crippen molar-refractivity contribution in [3.8, 4) is 23.1 Å². The van der Waals surface area contributed by atoms with Gasteiger partial charge in [0.1, 0.15) is 17.1 Å². The average Bonchev–Trinajstić information content (AvgIpc) is 3.12. The zero-order valence-corrected chi connectivity index (χ0v) is 16.5. The Hall–Kier alpha value is -2.24. The van der Waals surface area contributed by atoms with Gasteiger partial charge in [0.15, 0.2) is 0 Å². The molecule has 0 aliphatic carbocycles. The molecule has 1 N–H and O–H groups in total. The standard InChI is InChI=1S/C20H17ClN4O2S/c21-16-3-11(4-22)1-2-14(16)15-9-28-19-17(15)24-10-25-20(19)27-18-12-5-23-6-13(18)8-26-7-12/h1-3,9-10,12-13,18,23H,5-8H2. The minimum atomic E-state index is 0.0946. The van der Waals surface area contributed by atoms with Crippen molar-refractivity contribution < 1.29 is 9.47 Å². The number of nitriles is 1. The molecule has 2 saturated heterocycles. The predicted octanol–water partition coefficient (Wildman–Crippen LogP) is 3.50. The number of benzene rings is 1. The topological polar surface area (TPSA) is 80.1 Å². The van der Waals surface area contributed by atoms with Gasteiger partial charge in [-0.15, -0.1) is 11.3 Å². The molecule has 8 heteroatoms. The third kappa shape index (κ3) is 3.03. The molecule has 0 amide bonds. The number of aromatic nitrogens is 2. The molecule has 2 atom stereocenters. The fourth-order valence-corrected chi connectivity index (χ4v) is 5.21. The molecule has 2 fully saturated rings. The van der Waals surface area contributed by atoms with Crippen LogP contribution < -0.4 is 10.1 Å². The van der Waals surface area contributed by atoms with Crippen molar-refractivity contribution in [2.75, 3.05) is 26.3 Å². The predicted molar refractivity (Wildman–Crippen MR) is 108 cm³/mol. The third-order valence-electron chi connectivity index (χ3n) is 5.36. The maximum Gasteiger partial charge on any atom is 0.235 e. The summed E-state index contributed by atoms with van der Waals surface area (Å²) in [4.78, 5) is 8.91. The number of piperidine rings is 1. The minimum absolute atomic E-state index is 0.0946. The monoisotopic (exact) mass is 412 g/mol. The maximum atomic E-state index is 9.06.